The molecule has 0 saturated heterocycles. The van der Waals surface area contributed by atoms with Gasteiger partial charge in [-0.2, -0.15) is 4.31 Å². The van der Waals surface area contributed by atoms with E-state index in [1.165, 1.54) is 11.4 Å². The second-order valence-electron chi connectivity index (χ2n) is 4.07. The number of nitrogens with zero attached hydrogens (tertiary/aromatic N) is 1. The molecule has 1 aromatic carbocycles. The van der Waals surface area contributed by atoms with Gasteiger partial charge < -0.3 is 4.74 Å². The topological polar surface area (TPSA) is 46.6 Å². The Hall–Kier alpha value is -0.590. The van der Waals surface area contributed by atoms with Gasteiger partial charge in [-0.15, -0.1) is 0 Å². The summed E-state index contributed by atoms with van der Waals surface area (Å²) in [5.74, 6) is 0.355. The maximum absolute atomic E-state index is 12.5. The van der Waals surface area contributed by atoms with Crippen LogP contribution in [-0.4, -0.2) is 32.9 Å². The van der Waals surface area contributed by atoms with Gasteiger partial charge >= 0.3 is 0 Å². The van der Waals surface area contributed by atoms with Gasteiger partial charge in [0, 0.05) is 17.6 Å². The number of halogens is 1. The van der Waals surface area contributed by atoms with Crippen LogP contribution in [0.2, 0.25) is 0 Å². The van der Waals surface area contributed by atoms with Crippen molar-refractivity contribution in [3.05, 3.63) is 22.7 Å². The third-order valence-corrected chi connectivity index (χ3v) is 5.48. The molecular weight excluding hydrogens is 318 g/mol. The molecule has 18 heavy (non-hydrogen) atoms. The fraction of sp³-hybridized carbons (Fsp3) is 0.500. The van der Waals surface area contributed by atoms with E-state index in [-0.39, 0.29) is 10.9 Å². The van der Waals surface area contributed by atoms with E-state index in [0.29, 0.717) is 10.2 Å². The molecule has 1 unspecified atom stereocenters. The van der Waals surface area contributed by atoms with Crippen molar-refractivity contribution < 1.29 is 13.2 Å². The van der Waals surface area contributed by atoms with Gasteiger partial charge in [0.1, 0.15) is 10.6 Å². The molecule has 1 atom stereocenters. The molecule has 1 aromatic rings. The zero-order chi connectivity index (χ0) is 13.9. The number of methoxy groups -OCH3 is 1. The van der Waals surface area contributed by atoms with E-state index in [4.69, 9.17) is 4.74 Å². The van der Waals surface area contributed by atoms with E-state index in [1.54, 1.807) is 25.2 Å². The smallest absolute Gasteiger partial charge is 0.246 e. The summed E-state index contributed by atoms with van der Waals surface area (Å²) in [5.41, 5.74) is 0. The van der Waals surface area contributed by atoms with Crippen molar-refractivity contribution in [1.82, 2.24) is 4.31 Å². The fourth-order valence-electron chi connectivity index (χ4n) is 1.50. The van der Waals surface area contributed by atoms with Crippen molar-refractivity contribution in [3.63, 3.8) is 0 Å². The molecule has 0 bridgehead atoms. The van der Waals surface area contributed by atoms with E-state index in [9.17, 15) is 8.42 Å². The van der Waals surface area contributed by atoms with Gasteiger partial charge in [0.05, 0.1) is 7.11 Å². The van der Waals surface area contributed by atoms with Gasteiger partial charge in [-0.1, -0.05) is 22.9 Å². The number of sulfonamides is 1. The van der Waals surface area contributed by atoms with Crippen molar-refractivity contribution >= 4 is 26.0 Å². The standard InChI is InChI=1S/C12H18BrNO3S/c1-5-9(2)14(3)18(15,16)12-8-10(13)6-7-11(12)17-4/h6-9H,5H2,1-4H3. The molecule has 0 radical (unpaired) electrons. The third-order valence-electron chi connectivity index (χ3n) is 2.99. The van der Waals surface area contributed by atoms with Gasteiger partial charge in [0.15, 0.2) is 0 Å². The third kappa shape index (κ3) is 3.05. The number of hydrogen-bond acceptors (Lipinski definition) is 3. The Balaban J connectivity index is 3.31. The second kappa shape index (κ2) is 6.04. The second-order valence-corrected chi connectivity index (χ2v) is 6.96. The largest absolute Gasteiger partial charge is 0.495 e. The molecule has 0 aliphatic carbocycles. The monoisotopic (exact) mass is 335 g/mol. The lowest BCUT2D eigenvalue weighted by Crippen LogP contribution is -2.34. The first-order valence-electron chi connectivity index (χ1n) is 5.66. The normalized spacial score (nSPS) is 13.7. The van der Waals surface area contributed by atoms with Crippen LogP contribution < -0.4 is 4.74 Å². The summed E-state index contributed by atoms with van der Waals surface area (Å²) < 4.78 is 32.2. The summed E-state index contributed by atoms with van der Waals surface area (Å²) in [4.78, 5) is 0.183. The van der Waals surface area contributed by atoms with Crippen molar-refractivity contribution in [1.29, 1.82) is 0 Å². The minimum Gasteiger partial charge on any atom is -0.495 e. The summed E-state index contributed by atoms with van der Waals surface area (Å²) in [6.45, 7) is 3.83. The summed E-state index contributed by atoms with van der Waals surface area (Å²) in [5, 5.41) is 0. The molecule has 0 amide bonds. The molecule has 0 fully saturated rings. The molecule has 0 spiro atoms. The Bertz CT molecular complexity index is 516. The van der Waals surface area contributed by atoms with E-state index >= 15 is 0 Å². The summed E-state index contributed by atoms with van der Waals surface area (Å²) in [6.07, 6.45) is 0.756. The molecular formula is C12H18BrNO3S. The van der Waals surface area contributed by atoms with Crippen LogP contribution in [0.15, 0.2) is 27.6 Å². The fourth-order valence-corrected chi connectivity index (χ4v) is 3.63. The quantitative estimate of drug-likeness (QED) is 0.831. The van der Waals surface area contributed by atoms with E-state index < -0.39 is 10.0 Å². The van der Waals surface area contributed by atoms with Crippen molar-refractivity contribution in [3.8, 4) is 5.75 Å². The summed E-state index contributed by atoms with van der Waals surface area (Å²) >= 11 is 3.28. The molecule has 0 aliphatic rings. The predicted octanol–water partition coefficient (Wildman–Crippen LogP) is 2.88. The molecule has 4 nitrogen and oxygen atoms in total. The van der Waals surface area contributed by atoms with E-state index in [0.717, 1.165) is 6.42 Å². The minimum atomic E-state index is -3.54. The average molecular weight is 336 g/mol. The van der Waals surface area contributed by atoms with Crippen molar-refractivity contribution in [2.24, 2.45) is 0 Å². The predicted molar refractivity (Wildman–Crippen MR) is 75.4 cm³/mol. The first kappa shape index (κ1) is 15.5. The van der Waals surface area contributed by atoms with Gasteiger partial charge in [0.25, 0.3) is 0 Å². The Morgan fingerprint density at radius 1 is 1.44 bits per heavy atom. The van der Waals surface area contributed by atoms with Gasteiger partial charge in [-0.3, -0.25) is 0 Å². The highest BCUT2D eigenvalue weighted by Crippen LogP contribution is 2.30. The van der Waals surface area contributed by atoms with Gasteiger partial charge in [0.2, 0.25) is 10.0 Å². The molecule has 0 N–H and O–H groups in total. The van der Waals surface area contributed by atoms with E-state index in [1.807, 2.05) is 13.8 Å². The highest BCUT2D eigenvalue weighted by molar-refractivity contribution is 9.10. The lowest BCUT2D eigenvalue weighted by molar-refractivity contribution is 0.371. The van der Waals surface area contributed by atoms with Crippen LogP contribution in [0.1, 0.15) is 20.3 Å². The van der Waals surface area contributed by atoms with Crippen LogP contribution in [0.5, 0.6) is 5.75 Å². The molecule has 0 aromatic heterocycles. The Morgan fingerprint density at radius 2 is 2.06 bits per heavy atom. The average Bonchev–Trinajstić information content (AvgIpc) is 2.36. The molecule has 0 heterocycles. The highest BCUT2D eigenvalue weighted by Gasteiger charge is 2.27. The zero-order valence-corrected chi connectivity index (χ0v) is 13.4. The van der Waals surface area contributed by atoms with Crippen LogP contribution in [-0.2, 0) is 10.0 Å². The first-order chi connectivity index (χ1) is 8.34. The van der Waals surface area contributed by atoms with Crippen molar-refractivity contribution in [2.45, 2.75) is 31.2 Å². The summed E-state index contributed by atoms with van der Waals surface area (Å²) in [6, 6.07) is 4.90. The number of rotatable bonds is 5. The number of benzene rings is 1. The minimum absolute atomic E-state index is 0.0568. The summed E-state index contributed by atoms with van der Waals surface area (Å²) in [7, 11) is -0.486. The number of hydrogen-bond donors (Lipinski definition) is 0. The van der Waals surface area contributed by atoms with Gasteiger partial charge in [-0.05, 0) is 31.5 Å². The van der Waals surface area contributed by atoms with Crippen molar-refractivity contribution in [2.75, 3.05) is 14.2 Å². The maximum Gasteiger partial charge on any atom is 0.246 e. The molecule has 102 valence electrons. The van der Waals surface area contributed by atoms with Crippen LogP contribution in [0, 0.1) is 0 Å². The lowest BCUT2D eigenvalue weighted by Gasteiger charge is -2.24. The van der Waals surface area contributed by atoms with Crippen LogP contribution in [0.4, 0.5) is 0 Å². The van der Waals surface area contributed by atoms with Crippen LogP contribution in [0.3, 0.4) is 0 Å². The first-order valence-corrected chi connectivity index (χ1v) is 7.89. The molecule has 0 saturated carbocycles. The number of ether oxygens (including phenoxy) is 1. The maximum atomic E-state index is 12.5. The van der Waals surface area contributed by atoms with E-state index in [2.05, 4.69) is 15.9 Å². The zero-order valence-electron chi connectivity index (χ0n) is 11.0. The molecule has 1 rings (SSSR count). The highest BCUT2D eigenvalue weighted by atomic mass is 79.9. The SMILES string of the molecule is CCC(C)N(C)S(=O)(=O)c1cc(Br)ccc1OC. The van der Waals surface area contributed by atoms with Gasteiger partial charge in [-0.25, -0.2) is 8.42 Å². The Kier molecular flexibility index (Phi) is 5.19. The molecule has 0 aliphatic heterocycles. The lowest BCUT2D eigenvalue weighted by atomic mass is 10.3. The molecule has 6 heteroatoms. The Morgan fingerprint density at radius 3 is 2.56 bits per heavy atom. The van der Waals surface area contributed by atoms with Crippen LogP contribution in [0.25, 0.3) is 0 Å². The Labute approximate surface area is 117 Å². The van der Waals surface area contributed by atoms with Crippen LogP contribution >= 0.6 is 15.9 Å².